The lowest BCUT2D eigenvalue weighted by atomic mass is 9.90. The van der Waals surface area contributed by atoms with Crippen molar-refractivity contribution in [2.24, 2.45) is 0 Å². The highest BCUT2D eigenvalue weighted by atomic mass is 32.1. The van der Waals surface area contributed by atoms with Crippen molar-refractivity contribution in [2.75, 3.05) is 4.67 Å². The molecule has 1 aliphatic heterocycles. The van der Waals surface area contributed by atoms with Crippen molar-refractivity contribution in [2.45, 2.75) is 0 Å². The third-order valence-corrected chi connectivity index (χ3v) is 13.5. The highest BCUT2D eigenvalue weighted by molar-refractivity contribution is 7.75. The van der Waals surface area contributed by atoms with Crippen LogP contribution in [0, 0.1) is 0 Å². The number of anilines is 2. The zero-order valence-corrected chi connectivity index (χ0v) is 28.8. The van der Waals surface area contributed by atoms with Crippen LogP contribution >= 0.6 is 19.4 Å². The van der Waals surface area contributed by atoms with Crippen molar-refractivity contribution < 1.29 is 4.11 Å². The van der Waals surface area contributed by atoms with Crippen LogP contribution in [0.5, 0.6) is 0 Å². The van der Waals surface area contributed by atoms with Crippen molar-refractivity contribution in [1.29, 1.82) is 0 Å². The maximum atomic E-state index is 9.00. The van der Waals surface area contributed by atoms with Crippen molar-refractivity contribution >= 4 is 94.3 Å². The summed E-state index contributed by atoms with van der Waals surface area (Å²) in [4.78, 5) is 10.8. The van der Waals surface area contributed by atoms with E-state index in [2.05, 4.69) is 120 Å². The number of rotatable bonds is 3. The fourth-order valence-electron chi connectivity index (χ4n) is 7.81. The highest BCUT2D eigenvalue weighted by Gasteiger charge is 2.39. The van der Waals surface area contributed by atoms with Crippen LogP contribution in [0.3, 0.4) is 0 Å². The second kappa shape index (κ2) is 11.3. The van der Waals surface area contributed by atoms with Gasteiger partial charge in [0.05, 0.1) is 33.8 Å². The first-order valence-electron chi connectivity index (χ1n) is 18.4. The normalized spacial score (nSPS) is 14.9. The van der Waals surface area contributed by atoms with Gasteiger partial charge in [0.1, 0.15) is 0 Å². The van der Waals surface area contributed by atoms with Crippen LogP contribution in [-0.2, 0) is 0 Å². The predicted molar refractivity (Wildman–Crippen MR) is 220 cm³/mol. The standard InChI is InChI=1S/C46H28N3PS/c1-3-16-30(17-4-1)43-35-23-11-13-25-37(35)47-46(48-43)49-44-42(34-22-10-9-21-33(34)40-36-24-12-14-26-39(36)51-45(40)44)41-32-20-8-7-15-29(32)27-28-38(41)50(49)31-18-5-2-6-19-31/h1-28H/i1D,16D,17D. The lowest BCUT2D eigenvalue weighted by Crippen LogP contribution is -2.31. The van der Waals surface area contributed by atoms with E-state index in [1.807, 2.05) is 35.6 Å². The highest BCUT2D eigenvalue weighted by Crippen LogP contribution is 2.62. The Labute approximate surface area is 304 Å². The first kappa shape index (κ1) is 26.0. The molecule has 1 aliphatic rings. The molecule has 0 saturated heterocycles. The Morgan fingerprint density at radius 2 is 1.25 bits per heavy atom. The summed E-state index contributed by atoms with van der Waals surface area (Å²) in [7, 11) is -1.31. The van der Waals surface area contributed by atoms with E-state index in [-0.39, 0.29) is 18.1 Å². The van der Waals surface area contributed by atoms with Crippen LogP contribution in [0.1, 0.15) is 4.11 Å². The van der Waals surface area contributed by atoms with E-state index in [9.17, 15) is 0 Å². The maximum Gasteiger partial charge on any atom is 0.235 e. The average molecular weight is 689 g/mol. The smallest absolute Gasteiger partial charge is 0.235 e. The van der Waals surface area contributed by atoms with Crippen LogP contribution in [0.4, 0.5) is 11.6 Å². The van der Waals surface area contributed by atoms with E-state index in [1.165, 1.54) is 64.7 Å². The van der Waals surface area contributed by atoms with Crippen molar-refractivity contribution in [3.05, 3.63) is 170 Å². The molecular weight excluding hydrogens is 658 g/mol. The summed E-state index contributed by atoms with van der Waals surface area (Å²) in [5.74, 6) is 0.515. The summed E-state index contributed by atoms with van der Waals surface area (Å²) in [6.07, 6.45) is 0. The van der Waals surface area contributed by atoms with Gasteiger partial charge in [0.25, 0.3) is 0 Å². The van der Waals surface area contributed by atoms with E-state index in [4.69, 9.17) is 14.1 Å². The molecule has 0 spiro atoms. The summed E-state index contributed by atoms with van der Waals surface area (Å²) < 4.78 is 31.0. The van der Waals surface area contributed by atoms with Crippen LogP contribution in [-0.4, -0.2) is 9.97 Å². The van der Waals surface area contributed by atoms with E-state index in [0.29, 0.717) is 17.2 Å². The minimum absolute atomic E-state index is 0.0985. The molecule has 2 aromatic heterocycles. The second-order valence-corrected chi connectivity index (χ2v) is 15.8. The molecule has 5 heteroatoms. The van der Waals surface area contributed by atoms with Crippen LogP contribution < -0.4 is 15.3 Å². The Morgan fingerprint density at radius 1 is 0.569 bits per heavy atom. The Kier molecular flexibility index (Phi) is 5.75. The molecule has 0 amide bonds. The molecule has 10 aromatic rings. The fraction of sp³-hybridized carbons (Fsp3) is 0. The lowest BCUT2D eigenvalue weighted by Gasteiger charge is -2.40. The van der Waals surface area contributed by atoms with E-state index < -0.39 is 8.07 Å². The van der Waals surface area contributed by atoms with Crippen molar-refractivity contribution in [3.8, 4) is 22.4 Å². The van der Waals surface area contributed by atoms with Crippen LogP contribution in [0.25, 0.3) is 75.0 Å². The van der Waals surface area contributed by atoms with Gasteiger partial charge in [0.15, 0.2) is 0 Å². The number of aromatic nitrogens is 2. The summed E-state index contributed by atoms with van der Waals surface area (Å²) in [6, 6.07) is 52.6. The zero-order valence-electron chi connectivity index (χ0n) is 30.1. The SMILES string of the molecule is [2H]c1cc([2H])c(-c2nc(N3c4c(c5ccccc5c5c4sc4ccccc45)-c4c(ccc5ccccc45)P3c3ccccc3)nc3ccccc23)c([2H])c1. The van der Waals surface area contributed by atoms with Crippen molar-refractivity contribution in [1.82, 2.24) is 9.97 Å². The fourth-order valence-corrected chi connectivity index (χ4v) is 11.6. The number of para-hydroxylation sites is 1. The molecule has 11 rings (SSSR count). The number of nitrogens with zero attached hydrogens (tertiary/aromatic N) is 3. The van der Waals surface area contributed by atoms with Gasteiger partial charge in [-0.25, -0.2) is 9.97 Å². The predicted octanol–water partition coefficient (Wildman–Crippen LogP) is 12.1. The largest absolute Gasteiger partial charge is 0.278 e. The van der Waals surface area contributed by atoms with Gasteiger partial charge in [0.2, 0.25) is 5.95 Å². The number of hydrogen-bond acceptors (Lipinski definition) is 4. The van der Waals surface area contributed by atoms with Crippen molar-refractivity contribution in [3.63, 3.8) is 0 Å². The van der Waals surface area contributed by atoms with Gasteiger partial charge in [-0.1, -0.05) is 158 Å². The third-order valence-electron chi connectivity index (χ3n) is 9.93. The Hall–Kier alpha value is -5.93. The molecule has 3 nitrogen and oxygen atoms in total. The Bertz CT molecular complexity index is 3160. The number of benzene rings is 8. The Morgan fingerprint density at radius 3 is 2.10 bits per heavy atom. The van der Waals surface area contributed by atoms with E-state index in [0.717, 1.165) is 27.5 Å². The summed E-state index contributed by atoms with van der Waals surface area (Å²) >= 11 is 1.81. The molecule has 0 bridgehead atoms. The molecule has 51 heavy (non-hydrogen) atoms. The van der Waals surface area contributed by atoms with Crippen LogP contribution in [0.15, 0.2) is 170 Å². The van der Waals surface area contributed by atoms with Gasteiger partial charge in [-0.15, -0.1) is 11.3 Å². The van der Waals surface area contributed by atoms with E-state index in [1.54, 1.807) is 0 Å². The number of thiophene rings is 1. The molecular formula is C46H28N3PS. The maximum absolute atomic E-state index is 9.00. The molecule has 0 radical (unpaired) electrons. The third kappa shape index (κ3) is 4.28. The number of fused-ring (bicyclic) bond motifs is 13. The molecule has 1 atom stereocenters. The lowest BCUT2D eigenvalue weighted by molar-refractivity contribution is 1.17. The molecule has 0 N–H and O–H groups in total. The van der Waals surface area contributed by atoms with E-state index >= 15 is 0 Å². The molecule has 238 valence electrons. The number of hydrogen-bond donors (Lipinski definition) is 0. The molecule has 8 aromatic carbocycles. The van der Waals surface area contributed by atoms with Crippen LogP contribution in [0.2, 0.25) is 0 Å². The summed E-state index contributed by atoms with van der Waals surface area (Å²) in [6.45, 7) is 0. The minimum atomic E-state index is -1.31. The topological polar surface area (TPSA) is 29.0 Å². The van der Waals surface area contributed by atoms with Gasteiger partial charge >= 0.3 is 0 Å². The molecule has 0 aliphatic carbocycles. The average Bonchev–Trinajstić information content (AvgIpc) is 3.60. The summed E-state index contributed by atoms with van der Waals surface area (Å²) in [5, 5.41) is 10.4. The van der Waals surface area contributed by atoms with Gasteiger partial charge < -0.3 is 0 Å². The van der Waals surface area contributed by atoms with Gasteiger partial charge in [0, 0.05) is 48.2 Å². The molecule has 0 fully saturated rings. The first-order valence-corrected chi connectivity index (χ1v) is 19.0. The molecule has 3 heterocycles. The quantitative estimate of drug-likeness (QED) is 0.173. The van der Waals surface area contributed by atoms with Gasteiger partial charge in [-0.3, -0.25) is 4.67 Å². The Balaban J connectivity index is 1.37. The van der Waals surface area contributed by atoms with Gasteiger partial charge in [-0.2, -0.15) is 0 Å². The van der Waals surface area contributed by atoms with Gasteiger partial charge in [-0.05, 0) is 33.7 Å². The molecule has 1 unspecified atom stereocenters. The minimum Gasteiger partial charge on any atom is -0.278 e. The summed E-state index contributed by atoms with van der Waals surface area (Å²) in [5.41, 5.74) is 5.11. The zero-order chi connectivity index (χ0) is 36.1. The first-order chi connectivity index (χ1) is 26.5. The second-order valence-electron chi connectivity index (χ2n) is 12.7. The monoisotopic (exact) mass is 688 g/mol. The molecule has 0 saturated carbocycles.